The Morgan fingerprint density at radius 1 is 1.15 bits per heavy atom. The maximum Gasteiger partial charge on any atom is 0.407 e. The summed E-state index contributed by atoms with van der Waals surface area (Å²) in [5.74, 6) is -0.704. The molecule has 0 aromatic heterocycles. The van der Waals surface area contributed by atoms with Crippen LogP contribution in [-0.2, 0) is 17.7 Å². The van der Waals surface area contributed by atoms with Gasteiger partial charge in [0.05, 0.1) is 6.04 Å². The number of carbonyl (C=O) groups is 1. The smallest absolute Gasteiger partial charge is 0.407 e. The molecule has 1 aliphatic heterocycles. The molecule has 2 aromatic carbocycles. The number of carbonyl (C=O) groups excluding carboxylic acids is 1. The van der Waals surface area contributed by atoms with E-state index < -0.39 is 18.3 Å². The first-order valence-electron chi connectivity index (χ1n) is 8.36. The number of aliphatic hydroxyl groups excluding tert-OH is 1. The van der Waals surface area contributed by atoms with E-state index in [4.69, 9.17) is 4.74 Å². The first kappa shape index (κ1) is 18.3. The van der Waals surface area contributed by atoms with Crippen molar-refractivity contribution in [1.82, 2.24) is 10.6 Å². The van der Waals surface area contributed by atoms with Crippen molar-refractivity contribution >= 4 is 6.09 Å². The first-order chi connectivity index (χ1) is 12.5. The summed E-state index contributed by atoms with van der Waals surface area (Å²) in [6.45, 7) is 0.420. The lowest BCUT2D eigenvalue weighted by Crippen LogP contribution is -2.41. The maximum absolute atomic E-state index is 13.1. The van der Waals surface area contributed by atoms with Crippen molar-refractivity contribution in [2.75, 3.05) is 6.54 Å². The summed E-state index contributed by atoms with van der Waals surface area (Å²) in [5.41, 5.74) is 1.47. The molecular weight excluding hydrogens is 342 g/mol. The second kappa shape index (κ2) is 8.25. The van der Waals surface area contributed by atoms with Crippen molar-refractivity contribution in [1.29, 1.82) is 0 Å². The molecule has 3 atom stereocenters. The molecule has 0 spiro atoms. The van der Waals surface area contributed by atoms with Crippen LogP contribution < -0.4 is 10.6 Å². The van der Waals surface area contributed by atoms with E-state index in [9.17, 15) is 18.7 Å². The van der Waals surface area contributed by atoms with Crippen LogP contribution >= 0.6 is 0 Å². The zero-order valence-electron chi connectivity index (χ0n) is 14.0. The molecule has 5 nitrogen and oxygen atoms in total. The lowest BCUT2D eigenvalue weighted by atomic mass is 10.0. The Kier molecular flexibility index (Phi) is 5.80. The van der Waals surface area contributed by atoms with E-state index in [0.29, 0.717) is 18.5 Å². The summed E-state index contributed by atoms with van der Waals surface area (Å²) in [7, 11) is 0. The molecule has 3 rings (SSSR count). The third-order valence-corrected chi connectivity index (χ3v) is 4.30. The van der Waals surface area contributed by atoms with Gasteiger partial charge < -0.3 is 20.5 Å². The molecule has 138 valence electrons. The maximum atomic E-state index is 13.1. The number of benzene rings is 2. The second-order valence-corrected chi connectivity index (χ2v) is 6.27. The van der Waals surface area contributed by atoms with E-state index in [1.165, 1.54) is 24.3 Å². The quantitative estimate of drug-likeness (QED) is 0.762. The highest BCUT2D eigenvalue weighted by atomic mass is 19.1. The molecule has 0 saturated carbocycles. The number of hydrogen-bond donors (Lipinski definition) is 3. The van der Waals surface area contributed by atoms with Crippen molar-refractivity contribution in [3.63, 3.8) is 0 Å². The van der Waals surface area contributed by atoms with Gasteiger partial charge in [-0.05, 0) is 41.8 Å². The fourth-order valence-corrected chi connectivity index (χ4v) is 2.98. The van der Waals surface area contributed by atoms with Gasteiger partial charge in [0.2, 0.25) is 0 Å². The summed E-state index contributed by atoms with van der Waals surface area (Å²) in [4.78, 5) is 12.0. The van der Waals surface area contributed by atoms with E-state index in [1.54, 1.807) is 24.3 Å². The zero-order chi connectivity index (χ0) is 18.5. The molecule has 1 heterocycles. The van der Waals surface area contributed by atoms with Crippen molar-refractivity contribution < 1.29 is 23.4 Å². The van der Waals surface area contributed by atoms with Gasteiger partial charge in [0.15, 0.2) is 0 Å². The van der Waals surface area contributed by atoms with Crippen molar-refractivity contribution in [3.8, 4) is 0 Å². The molecule has 3 N–H and O–H groups in total. The normalized spacial score (nSPS) is 22.2. The van der Waals surface area contributed by atoms with Crippen LogP contribution in [0.4, 0.5) is 13.6 Å². The molecule has 1 aliphatic rings. The Morgan fingerprint density at radius 2 is 1.92 bits per heavy atom. The highest BCUT2D eigenvalue weighted by Gasteiger charge is 2.37. The number of rotatable bonds is 5. The average molecular weight is 362 g/mol. The van der Waals surface area contributed by atoms with E-state index in [0.717, 1.165) is 5.56 Å². The predicted molar refractivity (Wildman–Crippen MR) is 91.4 cm³/mol. The monoisotopic (exact) mass is 362 g/mol. The summed E-state index contributed by atoms with van der Waals surface area (Å²) in [6, 6.07) is 11.6. The first-order valence-corrected chi connectivity index (χ1v) is 8.36. The molecular formula is C19H20F2N2O3. The number of alkyl carbamates (subject to hydrolysis) is 1. The Hall–Kier alpha value is -2.51. The third-order valence-electron chi connectivity index (χ3n) is 4.30. The molecule has 0 aliphatic carbocycles. The fraction of sp³-hybridized carbons (Fsp3) is 0.316. The molecule has 1 unspecified atom stereocenters. The van der Waals surface area contributed by atoms with Gasteiger partial charge in [0.1, 0.15) is 23.8 Å². The minimum absolute atomic E-state index is 0.121. The lowest BCUT2D eigenvalue weighted by Gasteiger charge is -2.22. The number of β-amino-alcohol motifs (C(OH)–C–C–N with tert-alkyl or cyclic N) is 1. The summed E-state index contributed by atoms with van der Waals surface area (Å²) < 4.78 is 31.5. The van der Waals surface area contributed by atoms with Gasteiger partial charge in [-0.25, -0.2) is 13.6 Å². The molecule has 26 heavy (non-hydrogen) atoms. The number of amides is 1. The number of nitrogens with one attached hydrogen (secondary N) is 2. The van der Waals surface area contributed by atoms with Crippen molar-refractivity contribution in [2.24, 2.45) is 0 Å². The van der Waals surface area contributed by atoms with Crippen LogP contribution in [0.1, 0.15) is 11.1 Å². The molecule has 0 radical (unpaired) electrons. The predicted octanol–water partition coefficient (Wildman–Crippen LogP) is 2.13. The number of ether oxygens (including phenoxy) is 1. The van der Waals surface area contributed by atoms with Gasteiger partial charge in [-0.15, -0.1) is 0 Å². The third kappa shape index (κ3) is 4.77. The lowest BCUT2D eigenvalue weighted by molar-refractivity contribution is 0.0188. The van der Waals surface area contributed by atoms with Crippen molar-refractivity contribution in [2.45, 2.75) is 31.2 Å². The van der Waals surface area contributed by atoms with E-state index in [1.807, 2.05) is 0 Å². The van der Waals surface area contributed by atoms with E-state index >= 15 is 0 Å². The van der Waals surface area contributed by atoms with Crippen LogP contribution in [0.15, 0.2) is 48.5 Å². The summed E-state index contributed by atoms with van der Waals surface area (Å²) in [6.07, 6.45) is -1.77. The zero-order valence-corrected chi connectivity index (χ0v) is 14.0. The fourth-order valence-electron chi connectivity index (χ4n) is 2.98. The highest BCUT2D eigenvalue weighted by Crippen LogP contribution is 2.17. The average Bonchev–Trinajstić information content (AvgIpc) is 2.95. The van der Waals surface area contributed by atoms with Gasteiger partial charge in [0.25, 0.3) is 0 Å². The standard InChI is InChI=1S/C19H20F2N2O3/c20-14-6-4-12(5-7-14)9-16-18(17(24)11-22-16)26-19(25)23-10-13-2-1-3-15(21)8-13/h1-8,16-18,22,24H,9-11H2,(H,23,25)/t16-,17?,18+/m1/s1. The number of aliphatic hydroxyl groups is 1. The Morgan fingerprint density at radius 3 is 2.65 bits per heavy atom. The Bertz CT molecular complexity index is 755. The summed E-state index contributed by atoms with van der Waals surface area (Å²) >= 11 is 0. The van der Waals surface area contributed by atoms with Crippen LogP contribution in [0, 0.1) is 11.6 Å². The van der Waals surface area contributed by atoms with Gasteiger partial charge >= 0.3 is 6.09 Å². The van der Waals surface area contributed by atoms with Crippen molar-refractivity contribution in [3.05, 3.63) is 71.3 Å². The molecule has 1 saturated heterocycles. The Balaban J connectivity index is 1.55. The molecule has 2 aromatic rings. The Labute approximate surface area is 150 Å². The molecule has 0 bridgehead atoms. The minimum Gasteiger partial charge on any atom is -0.442 e. The summed E-state index contributed by atoms with van der Waals surface area (Å²) in [5, 5.41) is 15.7. The molecule has 1 fully saturated rings. The minimum atomic E-state index is -0.833. The molecule has 1 amide bonds. The van der Waals surface area contributed by atoms with Gasteiger partial charge in [-0.2, -0.15) is 0 Å². The number of halogens is 2. The topological polar surface area (TPSA) is 70.6 Å². The van der Waals surface area contributed by atoms with E-state index in [-0.39, 0.29) is 24.2 Å². The largest absolute Gasteiger partial charge is 0.442 e. The second-order valence-electron chi connectivity index (χ2n) is 6.27. The van der Waals surface area contributed by atoms with Crippen LogP contribution in [0.3, 0.4) is 0 Å². The van der Waals surface area contributed by atoms with Crippen LogP contribution in [0.2, 0.25) is 0 Å². The van der Waals surface area contributed by atoms with Gasteiger partial charge in [-0.3, -0.25) is 0 Å². The molecule has 7 heteroatoms. The van der Waals surface area contributed by atoms with E-state index in [2.05, 4.69) is 10.6 Å². The van der Waals surface area contributed by atoms with Crippen LogP contribution in [0.25, 0.3) is 0 Å². The SMILES string of the molecule is O=C(NCc1cccc(F)c1)O[C@@H]1C(O)CN[C@@H]1Cc1ccc(F)cc1. The highest BCUT2D eigenvalue weighted by molar-refractivity contribution is 5.67. The van der Waals surface area contributed by atoms with Gasteiger partial charge in [0, 0.05) is 13.1 Å². The van der Waals surface area contributed by atoms with Crippen LogP contribution in [-0.4, -0.2) is 36.0 Å². The van der Waals surface area contributed by atoms with Gasteiger partial charge in [-0.1, -0.05) is 24.3 Å². The van der Waals surface area contributed by atoms with Crippen LogP contribution in [0.5, 0.6) is 0 Å². The number of hydrogen-bond acceptors (Lipinski definition) is 4.